The first kappa shape index (κ1) is 8.24. The summed E-state index contributed by atoms with van der Waals surface area (Å²) in [6, 6.07) is 0. The van der Waals surface area contributed by atoms with E-state index in [1.165, 1.54) is 19.3 Å². The van der Waals surface area contributed by atoms with Crippen molar-refractivity contribution in [2.24, 2.45) is 10.9 Å². The molecule has 0 unspecified atom stereocenters. The van der Waals surface area contributed by atoms with E-state index in [4.69, 9.17) is 4.74 Å². The van der Waals surface area contributed by atoms with E-state index >= 15 is 0 Å². The van der Waals surface area contributed by atoms with Gasteiger partial charge in [0, 0.05) is 12.8 Å². The van der Waals surface area contributed by atoms with Gasteiger partial charge in [0.05, 0.1) is 6.10 Å². The largest absolute Gasteiger partial charge is 0.360 e. The van der Waals surface area contributed by atoms with E-state index in [9.17, 15) is 0 Å². The van der Waals surface area contributed by atoms with Crippen LogP contribution in [0.3, 0.4) is 0 Å². The number of hydrogen-bond donors (Lipinski definition) is 0. The molecule has 0 radical (unpaired) electrons. The fourth-order valence-electron chi connectivity index (χ4n) is 2.05. The second kappa shape index (κ2) is 2.84. The van der Waals surface area contributed by atoms with E-state index < -0.39 is 0 Å². The van der Waals surface area contributed by atoms with Crippen LogP contribution in [0.4, 0.5) is 0 Å². The summed E-state index contributed by atoms with van der Waals surface area (Å²) in [6.07, 6.45) is 6.11. The lowest BCUT2D eigenvalue weighted by molar-refractivity contribution is 0.299. The first-order valence-electron chi connectivity index (χ1n) is 4.97. The Balaban J connectivity index is 1.99. The highest BCUT2D eigenvalue weighted by molar-refractivity contribution is 5.74. The summed E-state index contributed by atoms with van der Waals surface area (Å²) in [7, 11) is 0. The third kappa shape index (κ3) is 1.18. The molecule has 1 spiro atoms. The topological polar surface area (TPSA) is 24.9 Å². The van der Waals surface area contributed by atoms with E-state index in [0.29, 0.717) is 12.0 Å². The fraction of sp³-hybridized carbons (Fsp3) is 0.900. The zero-order valence-corrected chi connectivity index (χ0v) is 7.92. The molecule has 0 aromatic carbocycles. The van der Waals surface area contributed by atoms with E-state index in [1.54, 1.807) is 0 Å². The normalized spacial score (nSPS) is 41.7. The minimum Gasteiger partial charge on any atom is -0.360 e. The molecular formula is C10H17NO. The van der Waals surface area contributed by atoms with Crippen LogP contribution < -0.4 is 0 Å². The summed E-state index contributed by atoms with van der Waals surface area (Å²) >= 11 is 0. The van der Waals surface area contributed by atoms with Gasteiger partial charge < -0.3 is 4.74 Å². The van der Waals surface area contributed by atoms with Gasteiger partial charge in [-0.1, -0.05) is 20.3 Å². The lowest BCUT2D eigenvalue weighted by Crippen LogP contribution is -2.24. The van der Waals surface area contributed by atoms with Crippen LogP contribution in [-0.4, -0.2) is 24.5 Å². The van der Waals surface area contributed by atoms with Crippen LogP contribution in [0.15, 0.2) is 4.99 Å². The molecule has 12 heavy (non-hydrogen) atoms. The summed E-state index contributed by atoms with van der Waals surface area (Å²) in [6.45, 7) is 5.49. The summed E-state index contributed by atoms with van der Waals surface area (Å²) < 4.78 is 5.75. The van der Waals surface area contributed by atoms with Gasteiger partial charge in [-0.25, -0.2) is 0 Å². The number of epoxide rings is 1. The molecule has 2 heteroatoms. The van der Waals surface area contributed by atoms with Gasteiger partial charge in [0.1, 0.15) is 5.60 Å². The minimum absolute atomic E-state index is 0.0771. The van der Waals surface area contributed by atoms with Gasteiger partial charge in [-0.3, -0.25) is 4.99 Å². The summed E-state index contributed by atoms with van der Waals surface area (Å²) in [5.74, 6) is 0.689. The van der Waals surface area contributed by atoms with Gasteiger partial charge in [0.25, 0.3) is 0 Å². The number of rotatable bonds is 2. The van der Waals surface area contributed by atoms with Crippen molar-refractivity contribution in [2.45, 2.75) is 44.8 Å². The maximum absolute atomic E-state index is 5.75. The molecule has 1 fully saturated rings. The fourth-order valence-corrected chi connectivity index (χ4v) is 2.05. The van der Waals surface area contributed by atoms with Crippen molar-refractivity contribution >= 4 is 6.21 Å². The van der Waals surface area contributed by atoms with Crippen molar-refractivity contribution in [3.05, 3.63) is 0 Å². The van der Waals surface area contributed by atoms with Crippen molar-refractivity contribution in [2.75, 3.05) is 6.54 Å². The van der Waals surface area contributed by atoms with Gasteiger partial charge in [-0.15, -0.1) is 0 Å². The lowest BCUT2D eigenvalue weighted by Gasteiger charge is -2.13. The SMILES string of the molecule is CC[C@H](C)[C@@H]1O[C@]12C=NCCC2. The van der Waals surface area contributed by atoms with Crippen LogP contribution in [0, 0.1) is 5.92 Å². The molecule has 2 rings (SSSR count). The Hall–Kier alpha value is -0.370. The van der Waals surface area contributed by atoms with E-state index in [-0.39, 0.29) is 5.60 Å². The van der Waals surface area contributed by atoms with E-state index in [1.807, 2.05) is 6.21 Å². The molecule has 0 bridgehead atoms. The Morgan fingerprint density at radius 3 is 3.17 bits per heavy atom. The Labute approximate surface area is 74.0 Å². The van der Waals surface area contributed by atoms with Crippen molar-refractivity contribution < 1.29 is 4.74 Å². The summed E-state index contributed by atoms with van der Waals surface area (Å²) in [5, 5.41) is 0. The maximum atomic E-state index is 5.75. The lowest BCUT2D eigenvalue weighted by atomic mass is 9.90. The predicted molar refractivity (Wildman–Crippen MR) is 49.7 cm³/mol. The van der Waals surface area contributed by atoms with Crippen LogP contribution >= 0.6 is 0 Å². The highest BCUT2D eigenvalue weighted by Gasteiger charge is 2.57. The zero-order chi connectivity index (χ0) is 8.60. The first-order valence-corrected chi connectivity index (χ1v) is 4.97. The summed E-state index contributed by atoms with van der Waals surface area (Å²) in [4.78, 5) is 4.31. The third-order valence-electron chi connectivity index (χ3n) is 3.10. The Bertz CT molecular complexity index is 202. The van der Waals surface area contributed by atoms with Gasteiger partial charge >= 0.3 is 0 Å². The zero-order valence-electron chi connectivity index (χ0n) is 7.92. The van der Waals surface area contributed by atoms with Crippen LogP contribution in [0.5, 0.6) is 0 Å². The highest BCUT2D eigenvalue weighted by atomic mass is 16.6. The molecule has 2 aliphatic rings. The van der Waals surface area contributed by atoms with Gasteiger partial charge in [-0.2, -0.15) is 0 Å². The van der Waals surface area contributed by atoms with E-state index in [0.717, 1.165) is 6.54 Å². The van der Waals surface area contributed by atoms with Crippen LogP contribution in [0.1, 0.15) is 33.1 Å². The smallest absolute Gasteiger partial charge is 0.130 e. The first-order chi connectivity index (χ1) is 5.78. The maximum Gasteiger partial charge on any atom is 0.130 e. The quantitative estimate of drug-likeness (QED) is 0.578. The number of nitrogens with zero attached hydrogens (tertiary/aromatic N) is 1. The second-order valence-electron chi connectivity index (χ2n) is 4.02. The van der Waals surface area contributed by atoms with Crippen molar-refractivity contribution in [1.82, 2.24) is 0 Å². The third-order valence-corrected chi connectivity index (χ3v) is 3.10. The second-order valence-corrected chi connectivity index (χ2v) is 4.02. The van der Waals surface area contributed by atoms with Crippen molar-refractivity contribution in [3.63, 3.8) is 0 Å². The number of hydrogen-bond acceptors (Lipinski definition) is 2. The molecule has 2 nitrogen and oxygen atoms in total. The van der Waals surface area contributed by atoms with E-state index in [2.05, 4.69) is 18.8 Å². The molecule has 0 N–H and O–H groups in total. The van der Waals surface area contributed by atoms with Gasteiger partial charge in [0.15, 0.2) is 0 Å². The molecule has 0 saturated carbocycles. The van der Waals surface area contributed by atoms with Crippen LogP contribution in [0.2, 0.25) is 0 Å². The average Bonchev–Trinajstić information content (AvgIpc) is 2.80. The molecule has 0 aromatic heterocycles. The van der Waals surface area contributed by atoms with Crippen molar-refractivity contribution in [3.8, 4) is 0 Å². The molecule has 2 aliphatic heterocycles. The molecular weight excluding hydrogens is 150 g/mol. The molecule has 68 valence electrons. The van der Waals surface area contributed by atoms with Crippen molar-refractivity contribution in [1.29, 1.82) is 0 Å². The summed E-state index contributed by atoms with van der Waals surface area (Å²) in [5.41, 5.74) is 0.0771. The Kier molecular flexibility index (Phi) is 1.95. The van der Waals surface area contributed by atoms with Crippen LogP contribution in [0.25, 0.3) is 0 Å². The van der Waals surface area contributed by atoms with Gasteiger partial charge in [-0.05, 0) is 18.8 Å². The predicted octanol–water partition coefficient (Wildman–Crippen LogP) is 2.03. The van der Waals surface area contributed by atoms with Gasteiger partial charge in [0.2, 0.25) is 0 Å². The molecule has 2 heterocycles. The monoisotopic (exact) mass is 167 g/mol. The average molecular weight is 167 g/mol. The Morgan fingerprint density at radius 1 is 1.75 bits per heavy atom. The number of aliphatic imine (C=N–C) groups is 1. The molecule has 0 aromatic rings. The molecule has 1 saturated heterocycles. The standard InChI is InChI=1S/C10H17NO/c1-3-8(2)9-10(12-9)5-4-6-11-7-10/h7-9H,3-6H2,1-2H3/t8-,9-,10+/m0/s1. The van der Waals surface area contributed by atoms with Crippen LogP contribution in [-0.2, 0) is 4.74 Å². The molecule has 3 atom stereocenters. The molecule has 0 aliphatic carbocycles. The Morgan fingerprint density at radius 2 is 2.58 bits per heavy atom. The number of ether oxygens (including phenoxy) is 1. The molecule has 0 amide bonds. The highest BCUT2D eigenvalue weighted by Crippen LogP contribution is 2.45. The minimum atomic E-state index is 0.0771.